The smallest absolute Gasteiger partial charge is 0.262 e. The highest BCUT2D eigenvalue weighted by Gasteiger charge is 2.26. The monoisotopic (exact) mass is 379 g/mol. The highest BCUT2D eigenvalue weighted by molar-refractivity contribution is 6.02. The number of benzene rings is 2. The Bertz CT molecular complexity index is 930. The minimum atomic E-state index is -1.04. The Kier molecular flexibility index (Phi) is 6.30. The van der Waals surface area contributed by atoms with Crippen molar-refractivity contribution < 1.29 is 15.0 Å². The molecule has 0 spiro atoms. The van der Waals surface area contributed by atoms with Crippen molar-refractivity contribution in [2.45, 2.75) is 31.9 Å². The molecule has 1 aliphatic rings. The zero-order chi connectivity index (χ0) is 20.1. The average molecular weight is 379 g/mol. The topological polar surface area (TPSA) is 96.6 Å². The van der Waals surface area contributed by atoms with Gasteiger partial charge in [-0.15, -0.1) is 0 Å². The predicted octanol–water partition coefficient (Wildman–Crippen LogP) is 2.20. The number of hydrogen-bond acceptors (Lipinski definition) is 5. The number of carbonyl (C=O) groups excluding carboxylic acids is 1. The van der Waals surface area contributed by atoms with E-state index >= 15 is 0 Å². The maximum Gasteiger partial charge on any atom is 0.262 e. The number of anilines is 1. The van der Waals surface area contributed by atoms with E-state index in [4.69, 9.17) is 5.11 Å². The Morgan fingerprint density at radius 3 is 2.75 bits per heavy atom. The number of aliphatic hydroxyl groups excluding tert-OH is 2. The number of fused-ring (bicyclic) bond motifs is 1. The maximum absolute atomic E-state index is 12.1. The van der Waals surface area contributed by atoms with Crippen molar-refractivity contribution in [2.24, 2.45) is 0 Å². The molecule has 2 unspecified atom stereocenters. The van der Waals surface area contributed by atoms with Gasteiger partial charge < -0.3 is 20.4 Å². The normalized spacial score (nSPS) is 17.7. The van der Waals surface area contributed by atoms with Gasteiger partial charge in [-0.05, 0) is 53.5 Å². The van der Waals surface area contributed by atoms with E-state index in [0.29, 0.717) is 6.04 Å². The summed E-state index contributed by atoms with van der Waals surface area (Å²) >= 11 is 0. The summed E-state index contributed by atoms with van der Waals surface area (Å²) in [6.45, 7) is 2.75. The summed E-state index contributed by atoms with van der Waals surface area (Å²) in [5.41, 5.74) is 1.94. The number of nitrogens with zero attached hydrogens (tertiary/aromatic N) is 2. The Labute approximate surface area is 164 Å². The van der Waals surface area contributed by atoms with E-state index in [0.717, 1.165) is 29.3 Å². The van der Waals surface area contributed by atoms with E-state index in [1.54, 1.807) is 0 Å². The SMILES string of the molecule is CCC1CCN1c1ccc2cc(/C=C(\C#N)C(=O)NCC(O)CO)ccc2c1. The minimum absolute atomic E-state index is 0.0486. The lowest BCUT2D eigenvalue weighted by Gasteiger charge is -2.42. The van der Waals surface area contributed by atoms with Crippen molar-refractivity contribution in [2.75, 3.05) is 24.6 Å². The van der Waals surface area contributed by atoms with Crippen LogP contribution in [-0.2, 0) is 4.79 Å². The number of rotatable bonds is 7. The minimum Gasteiger partial charge on any atom is -0.394 e. The van der Waals surface area contributed by atoms with Gasteiger partial charge in [0.25, 0.3) is 5.91 Å². The van der Waals surface area contributed by atoms with Crippen LogP contribution < -0.4 is 10.2 Å². The van der Waals surface area contributed by atoms with Crippen LogP contribution in [-0.4, -0.2) is 48.0 Å². The van der Waals surface area contributed by atoms with Crippen LogP contribution in [0.5, 0.6) is 0 Å². The van der Waals surface area contributed by atoms with Crippen molar-refractivity contribution >= 4 is 28.4 Å². The molecule has 2 atom stereocenters. The first-order chi connectivity index (χ1) is 13.5. The third-order valence-electron chi connectivity index (χ3n) is 5.18. The van der Waals surface area contributed by atoms with Crippen LogP contribution in [0.2, 0.25) is 0 Å². The second kappa shape index (κ2) is 8.87. The number of amides is 1. The fourth-order valence-electron chi connectivity index (χ4n) is 3.41. The number of nitrogens with one attached hydrogen (secondary N) is 1. The lowest BCUT2D eigenvalue weighted by Crippen LogP contribution is -2.47. The van der Waals surface area contributed by atoms with Gasteiger partial charge in [0.2, 0.25) is 0 Å². The number of carbonyl (C=O) groups is 1. The fourth-order valence-corrected chi connectivity index (χ4v) is 3.41. The number of aliphatic hydroxyl groups is 2. The molecule has 2 aromatic rings. The predicted molar refractivity (Wildman–Crippen MR) is 110 cm³/mol. The molecule has 1 aliphatic heterocycles. The summed E-state index contributed by atoms with van der Waals surface area (Å²) in [7, 11) is 0. The van der Waals surface area contributed by atoms with Gasteiger partial charge >= 0.3 is 0 Å². The summed E-state index contributed by atoms with van der Waals surface area (Å²) in [5.74, 6) is -0.575. The van der Waals surface area contributed by atoms with E-state index in [1.807, 2.05) is 24.3 Å². The fraction of sp³-hybridized carbons (Fsp3) is 0.364. The van der Waals surface area contributed by atoms with Gasteiger partial charge in [0, 0.05) is 24.8 Å². The molecule has 6 nitrogen and oxygen atoms in total. The lowest BCUT2D eigenvalue weighted by atomic mass is 9.98. The highest BCUT2D eigenvalue weighted by atomic mass is 16.3. The Morgan fingerprint density at radius 2 is 2.11 bits per heavy atom. The van der Waals surface area contributed by atoms with Crippen molar-refractivity contribution in [3.63, 3.8) is 0 Å². The van der Waals surface area contributed by atoms with E-state index in [9.17, 15) is 15.2 Å². The van der Waals surface area contributed by atoms with Crippen molar-refractivity contribution in [3.05, 3.63) is 47.5 Å². The van der Waals surface area contributed by atoms with Crippen LogP contribution in [0.3, 0.4) is 0 Å². The second-order valence-corrected chi connectivity index (χ2v) is 7.05. The molecule has 2 aromatic carbocycles. The molecule has 0 saturated carbocycles. The van der Waals surface area contributed by atoms with Crippen molar-refractivity contribution in [3.8, 4) is 6.07 Å². The molecule has 6 heteroatoms. The molecule has 0 bridgehead atoms. The number of hydrogen-bond donors (Lipinski definition) is 3. The summed E-state index contributed by atoms with van der Waals surface area (Å²) in [6.07, 6.45) is 2.87. The first kappa shape index (κ1) is 19.9. The molecule has 1 amide bonds. The third-order valence-corrected chi connectivity index (χ3v) is 5.18. The molecule has 146 valence electrons. The molecule has 3 N–H and O–H groups in total. The summed E-state index contributed by atoms with van der Waals surface area (Å²) < 4.78 is 0. The molecule has 0 aliphatic carbocycles. The summed E-state index contributed by atoms with van der Waals surface area (Å²) in [6, 6.07) is 14.7. The van der Waals surface area contributed by atoms with E-state index < -0.39 is 18.6 Å². The zero-order valence-electron chi connectivity index (χ0n) is 15.9. The van der Waals surface area contributed by atoms with E-state index in [2.05, 4.69) is 35.3 Å². The second-order valence-electron chi connectivity index (χ2n) is 7.05. The molecule has 0 aromatic heterocycles. The molecule has 1 heterocycles. The van der Waals surface area contributed by atoms with Crippen LogP contribution in [0.4, 0.5) is 5.69 Å². The largest absolute Gasteiger partial charge is 0.394 e. The van der Waals surface area contributed by atoms with Crippen molar-refractivity contribution in [1.82, 2.24) is 5.32 Å². The lowest BCUT2D eigenvalue weighted by molar-refractivity contribution is -0.117. The third kappa shape index (κ3) is 4.33. The number of nitriles is 1. The molecule has 28 heavy (non-hydrogen) atoms. The van der Waals surface area contributed by atoms with Crippen LogP contribution in [0.15, 0.2) is 42.0 Å². The van der Waals surface area contributed by atoms with Crippen LogP contribution >= 0.6 is 0 Å². The van der Waals surface area contributed by atoms with Gasteiger partial charge in [-0.25, -0.2) is 0 Å². The summed E-state index contributed by atoms with van der Waals surface area (Å²) in [4.78, 5) is 14.5. The van der Waals surface area contributed by atoms with E-state index in [-0.39, 0.29) is 12.1 Å². The quantitative estimate of drug-likeness (QED) is 0.506. The first-order valence-electron chi connectivity index (χ1n) is 9.55. The Morgan fingerprint density at radius 1 is 1.36 bits per heavy atom. The van der Waals surface area contributed by atoms with E-state index in [1.165, 1.54) is 18.2 Å². The standard InChI is InChI=1S/C22H25N3O3/c1-2-19-7-8-25(19)20-6-5-16-9-15(3-4-17(16)11-20)10-18(12-23)22(28)24-13-21(27)14-26/h3-6,9-11,19,21,26-27H,2,7-8,13-14H2,1H3,(H,24,28)/b18-10+. The molecular weight excluding hydrogens is 354 g/mol. The summed E-state index contributed by atoms with van der Waals surface area (Å²) in [5, 5.41) is 32.0. The van der Waals surface area contributed by atoms with Gasteiger partial charge in [-0.1, -0.05) is 25.1 Å². The van der Waals surface area contributed by atoms with Gasteiger partial charge in [0.1, 0.15) is 11.6 Å². The van der Waals surface area contributed by atoms with Gasteiger partial charge in [-0.2, -0.15) is 5.26 Å². The van der Waals surface area contributed by atoms with Gasteiger partial charge in [-0.3, -0.25) is 4.79 Å². The van der Waals surface area contributed by atoms with Crippen molar-refractivity contribution in [1.29, 1.82) is 5.26 Å². The maximum atomic E-state index is 12.1. The first-order valence-corrected chi connectivity index (χ1v) is 9.55. The van der Waals surface area contributed by atoms with Crippen LogP contribution in [0, 0.1) is 11.3 Å². The molecular formula is C22H25N3O3. The highest BCUT2D eigenvalue weighted by Crippen LogP contribution is 2.31. The molecule has 3 rings (SSSR count). The zero-order valence-corrected chi connectivity index (χ0v) is 15.9. The average Bonchev–Trinajstić information content (AvgIpc) is 2.69. The molecule has 0 radical (unpaired) electrons. The van der Waals surface area contributed by atoms with Gasteiger partial charge in [0.05, 0.1) is 12.7 Å². The van der Waals surface area contributed by atoms with Crippen LogP contribution in [0.25, 0.3) is 16.8 Å². The van der Waals surface area contributed by atoms with Crippen LogP contribution in [0.1, 0.15) is 25.3 Å². The Balaban J connectivity index is 1.78. The molecule has 1 fully saturated rings. The molecule has 1 saturated heterocycles. The van der Waals surface area contributed by atoms with Gasteiger partial charge in [0.15, 0.2) is 0 Å². The Hall–Kier alpha value is -2.88.